The van der Waals surface area contributed by atoms with Crippen LogP contribution in [0.15, 0.2) is 23.1 Å². The molecule has 0 spiro atoms. The van der Waals surface area contributed by atoms with Gasteiger partial charge in [0.05, 0.1) is 9.82 Å². The molecule has 1 fully saturated rings. The van der Waals surface area contributed by atoms with Crippen molar-refractivity contribution in [1.82, 2.24) is 4.90 Å². The van der Waals surface area contributed by atoms with Gasteiger partial charge in [0, 0.05) is 24.2 Å². The van der Waals surface area contributed by atoms with Crippen LogP contribution in [0.2, 0.25) is 0 Å². The van der Waals surface area contributed by atoms with Gasteiger partial charge in [0.1, 0.15) is 0 Å². The highest BCUT2D eigenvalue weighted by molar-refractivity contribution is 7.98. The van der Waals surface area contributed by atoms with Gasteiger partial charge in [-0.1, -0.05) is 0 Å². The number of amides is 1. The number of carbonyl (C=O) groups excluding carboxylic acids is 1. The van der Waals surface area contributed by atoms with Crippen molar-refractivity contribution in [3.63, 3.8) is 0 Å². The highest BCUT2D eigenvalue weighted by atomic mass is 32.2. The first kappa shape index (κ1) is 14.8. The Balaban J connectivity index is 2.30. The van der Waals surface area contributed by atoms with Crippen molar-refractivity contribution >= 4 is 23.4 Å². The van der Waals surface area contributed by atoms with Gasteiger partial charge >= 0.3 is 0 Å². The number of carbonyl (C=O) groups is 1. The molecule has 20 heavy (non-hydrogen) atoms. The first-order valence-corrected chi connectivity index (χ1v) is 7.90. The quantitative estimate of drug-likeness (QED) is 0.487. The van der Waals surface area contributed by atoms with E-state index in [1.807, 2.05) is 11.8 Å². The number of hydrogen-bond acceptors (Lipinski definition) is 4. The summed E-state index contributed by atoms with van der Waals surface area (Å²) in [6.45, 7) is 2.76. The molecule has 1 saturated heterocycles. The second kappa shape index (κ2) is 6.26. The van der Waals surface area contributed by atoms with Crippen molar-refractivity contribution in [3.8, 4) is 0 Å². The van der Waals surface area contributed by atoms with Crippen LogP contribution in [0.5, 0.6) is 0 Å². The maximum Gasteiger partial charge on any atom is 0.283 e. The molecule has 0 aromatic heterocycles. The van der Waals surface area contributed by atoms with Crippen LogP contribution in [-0.2, 0) is 0 Å². The topological polar surface area (TPSA) is 63.5 Å². The summed E-state index contributed by atoms with van der Waals surface area (Å²) in [6.07, 6.45) is 4.92. The summed E-state index contributed by atoms with van der Waals surface area (Å²) in [7, 11) is 0. The van der Waals surface area contributed by atoms with Gasteiger partial charge in [0.25, 0.3) is 11.6 Å². The molecule has 1 aromatic rings. The molecular weight excluding hydrogens is 276 g/mol. The van der Waals surface area contributed by atoms with Crippen molar-refractivity contribution in [3.05, 3.63) is 33.9 Å². The fraction of sp³-hybridized carbons (Fsp3) is 0.500. The van der Waals surface area contributed by atoms with E-state index < -0.39 is 4.92 Å². The van der Waals surface area contributed by atoms with E-state index in [4.69, 9.17) is 0 Å². The standard InChI is InChI=1S/C14H18N2O3S/c1-10-5-3-4-8-15(10)14(17)11-6-7-13(20-2)12(9-11)16(18)19/h6-7,9-10H,3-5,8H2,1-2H3. The third-order valence-corrected chi connectivity index (χ3v) is 4.47. The minimum absolute atomic E-state index is 0.00742. The third-order valence-electron chi connectivity index (χ3n) is 3.69. The third kappa shape index (κ3) is 2.95. The molecule has 1 unspecified atom stereocenters. The lowest BCUT2D eigenvalue weighted by molar-refractivity contribution is -0.387. The zero-order chi connectivity index (χ0) is 14.7. The summed E-state index contributed by atoms with van der Waals surface area (Å²) in [5.41, 5.74) is 0.413. The molecule has 6 heteroatoms. The van der Waals surface area contributed by atoms with Crippen LogP contribution in [0.25, 0.3) is 0 Å². The van der Waals surface area contributed by atoms with Crippen molar-refractivity contribution in [2.24, 2.45) is 0 Å². The van der Waals surface area contributed by atoms with E-state index in [2.05, 4.69) is 0 Å². The minimum Gasteiger partial charge on any atom is -0.336 e. The highest BCUT2D eigenvalue weighted by Gasteiger charge is 2.26. The Bertz CT molecular complexity index is 533. The highest BCUT2D eigenvalue weighted by Crippen LogP contribution is 2.29. The van der Waals surface area contributed by atoms with Crippen molar-refractivity contribution in [2.45, 2.75) is 37.1 Å². The van der Waals surface area contributed by atoms with Gasteiger partial charge in [-0.3, -0.25) is 14.9 Å². The molecule has 2 rings (SSSR count). The fourth-order valence-corrected chi connectivity index (χ4v) is 3.08. The van der Waals surface area contributed by atoms with E-state index in [1.165, 1.54) is 17.8 Å². The summed E-state index contributed by atoms with van der Waals surface area (Å²) in [6, 6.07) is 4.94. The van der Waals surface area contributed by atoms with E-state index in [0.29, 0.717) is 10.5 Å². The molecule has 0 N–H and O–H groups in total. The minimum atomic E-state index is -0.428. The van der Waals surface area contributed by atoms with Crippen LogP contribution in [-0.4, -0.2) is 34.6 Å². The summed E-state index contributed by atoms with van der Waals surface area (Å²) >= 11 is 1.31. The first-order valence-electron chi connectivity index (χ1n) is 6.68. The second-order valence-electron chi connectivity index (χ2n) is 4.99. The molecule has 1 heterocycles. The Morgan fingerprint density at radius 3 is 2.80 bits per heavy atom. The van der Waals surface area contributed by atoms with Gasteiger partial charge in [-0.15, -0.1) is 11.8 Å². The summed E-state index contributed by atoms with van der Waals surface area (Å²) in [4.78, 5) is 25.5. The molecule has 1 atom stereocenters. The van der Waals surface area contributed by atoms with Crippen LogP contribution >= 0.6 is 11.8 Å². The zero-order valence-electron chi connectivity index (χ0n) is 11.7. The zero-order valence-corrected chi connectivity index (χ0v) is 12.5. The number of thioether (sulfide) groups is 1. The molecule has 108 valence electrons. The summed E-state index contributed by atoms with van der Waals surface area (Å²) < 4.78 is 0. The molecule has 1 aliphatic rings. The molecule has 1 amide bonds. The van der Waals surface area contributed by atoms with Crippen LogP contribution in [0.3, 0.4) is 0 Å². The maximum absolute atomic E-state index is 12.5. The average molecular weight is 294 g/mol. The van der Waals surface area contributed by atoms with E-state index >= 15 is 0 Å². The van der Waals surface area contributed by atoms with Gasteiger partial charge in [0.2, 0.25) is 0 Å². The van der Waals surface area contributed by atoms with Gasteiger partial charge in [-0.2, -0.15) is 0 Å². The number of nitrogens with zero attached hydrogens (tertiary/aromatic N) is 2. The molecule has 5 nitrogen and oxygen atoms in total. The number of rotatable bonds is 3. The Morgan fingerprint density at radius 1 is 1.45 bits per heavy atom. The largest absolute Gasteiger partial charge is 0.336 e. The second-order valence-corrected chi connectivity index (χ2v) is 5.84. The van der Waals surface area contributed by atoms with Crippen LogP contribution in [0, 0.1) is 10.1 Å². The Labute approximate surface area is 122 Å². The molecule has 1 aliphatic heterocycles. The molecule has 0 bridgehead atoms. The SMILES string of the molecule is CSc1ccc(C(=O)N2CCCCC2C)cc1[N+](=O)[O-]. The van der Waals surface area contributed by atoms with Gasteiger partial charge in [-0.25, -0.2) is 0 Å². The molecular formula is C14H18N2O3S. The molecule has 1 aromatic carbocycles. The molecule has 0 aliphatic carbocycles. The van der Waals surface area contributed by atoms with Crippen molar-refractivity contribution in [2.75, 3.05) is 12.8 Å². The fourth-order valence-electron chi connectivity index (χ4n) is 2.53. The van der Waals surface area contributed by atoms with E-state index in [1.54, 1.807) is 18.4 Å². The lowest BCUT2D eigenvalue weighted by Crippen LogP contribution is -2.42. The van der Waals surface area contributed by atoms with Crippen molar-refractivity contribution in [1.29, 1.82) is 0 Å². The van der Waals surface area contributed by atoms with E-state index in [9.17, 15) is 14.9 Å². The number of piperidine rings is 1. The normalized spacial score (nSPS) is 18.9. The maximum atomic E-state index is 12.5. The predicted molar refractivity (Wildman–Crippen MR) is 79.2 cm³/mol. The van der Waals surface area contributed by atoms with Crippen molar-refractivity contribution < 1.29 is 9.72 Å². The summed E-state index contributed by atoms with van der Waals surface area (Å²) in [5, 5.41) is 11.1. The van der Waals surface area contributed by atoms with Gasteiger partial charge < -0.3 is 4.90 Å². The molecule has 0 radical (unpaired) electrons. The van der Waals surface area contributed by atoms with Crippen LogP contribution in [0.1, 0.15) is 36.5 Å². The number of nitro benzene ring substituents is 1. The number of nitro groups is 1. The number of hydrogen-bond donors (Lipinski definition) is 0. The van der Waals surface area contributed by atoms with Gasteiger partial charge in [-0.05, 0) is 44.6 Å². The summed E-state index contributed by atoms with van der Waals surface area (Å²) in [5.74, 6) is -0.104. The van der Waals surface area contributed by atoms with Crippen LogP contribution < -0.4 is 0 Å². The lowest BCUT2D eigenvalue weighted by Gasteiger charge is -2.33. The Morgan fingerprint density at radius 2 is 2.20 bits per heavy atom. The monoisotopic (exact) mass is 294 g/mol. The number of likely N-dealkylation sites (tertiary alicyclic amines) is 1. The van der Waals surface area contributed by atoms with Gasteiger partial charge in [0.15, 0.2) is 0 Å². The van der Waals surface area contributed by atoms with E-state index in [-0.39, 0.29) is 17.6 Å². The Hall–Kier alpha value is -1.56. The number of benzene rings is 1. The average Bonchev–Trinajstić information content (AvgIpc) is 2.46. The predicted octanol–water partition coefficient (Wildman–Crippen LogP) is 3.33. The molecule has 0 saturated carbocycles. The first-order chi connectivity index (χ1) is 9.54. The Kier molecular flexibility index (Phi) is 4.65. The lowest BCUT2D eigenvalue weighted by atomic mass is 10.0. The van der Waals surface area contributed by atoms with Crippen LogP contribution in [0.4, 0.5) is 5.69 Å². The van der Waals surface area contributed by atoms with E-state index in [0.717, 1.165) is 25.8 Å². The smallest absolute Gasteiger partial charge is 0.283 e.